The SMILES string of the molecule is CC(C)(C)OC(=O)N[C@@H](CCCCNC(=O)[C@@H]1Cc2ccccc2CN1C(=O)CCCC(=O)c1ccccc1)C(=O)NCC(c1ccccc1)c1ccccc1. The maximum atomic E-state index is 13.7. The van der Waals surface area contributed by atoms with Gasteiger partial charge in [0.1, 0.15) is 17.7 Å². The van der Waals surface area contributed by atoms with Crippen molar-refractivity contribution in [3.8, 4) is 0 Å². The molecule has 56 heavy (non-hydrogen) atoms. The Kier molecular flexibility index (Phi) is 15.0. The summed E-state index contributed by atoms with van der Waals surface area (Å²) in [4.78, 5) is 68.0. The van der Waals surface area contributed by atoms with Crippen LogP contribution in [0.5, 0.6) is 0 Å². The Morgan fingerprint density at radius 2 is 1.30 bits per heavy atom. The zero-order valence-electron chi connectivity index (χ0n) is 32.7. The molecule has 0 spiro atoms. The molecule has 1 aliphatic heterocycles. The Balaban J connectivity index is 1.16. The first-order valence-corrected chi connectivity index (χ1v) is 19.6. The smallest absolute Gasteiger partial charge is 0.408 e. The lowest BCUT2D eigenvalue weighted by Crippen LogP contribution is -2.52. The molecule has 0 unspecified atom stereocenters. The van der Waals surface area contributed by atoms with E-state index >= 15 is 0 Å². The van der Waals surface area contributed by atoms with E-state index in [1.807, 2.05) is 103 Å². The van der Waals surface area contributed by atoms with Crippen molar-refractivity contribution < 1.29 is 28.7 Å². The molecular formula is C46H54N4O6. The van der Waals surface area contributed by atoms with Crippen molar-refractivity contribution in [3.63, 3.8) is 0 Å². The van der Waals surface area contributed by atoms with Gasteiger partial charge in [-0.1, -0.05) is 115 Å². The van der Waals surface area contributed by atoms with Crippen LogP contribution < -0.4 is 16.0 Å². The van der Waals surface area contributed by atoms with Gasteiger partial charge in [-0.3, -0.25) is 19.2 Å². The van der Waals surface area contributed by atoms with Crippen LogP contribution in [0.2, 0.25) is 0 Å². The number of benzene rings is 4. The van der Waals surface area contributed by atoms with E-state index < -0.39 is 23.8 Å². The zero-order valence-corrected chi connectivity index (χ0v) is 32.7. The van der Waals surface area contributed by atoms with Crippen LogP contribution >= 0.6 is 0 Å². The van der Waals surface area contributed by atoms with Gasteiger partial charge < -0.3 is 25.6 Å². The lowest BCUT2D eigenvalue weighted by Gasteiger charge is -2.36. The van der Waals surface area contributed by atoms with E-state index in [2.05, 4.69) is 16.0 Å². The Labute approximate surface area is 330 Å². The first-order valence-electron chi connectivity index (χ1n) is 19.6. The van der Waals surface area contributed by atoms with E-state index in [0.717, 1.165) is 22.3 Å². The van der Waals surface area contributed by atoms with E-state index in [-0.39, 0.29) is 42.3 Å². The zero-order chi connectivity index (χ0) is 39.9. The first kappa shape index (κ1) is 41.4. The Hall–Kier alpha value is -5.77. The molecule has 0 saturated heterocycles. The normalized spacial score (nSPS) is 14.3. The predicted octanol–water partition coefficient (Wildman–Crippen LogP) is 7.12. The molecule has 10 heteroatoms. The summed E-state index contributed by atoms with van der Waals surface area (Å²) in [6.07, 6.45) is 1.92. The van der Waals surface area contributed by atoms with Crippen molar-refractivity contribution >= 4 is 29.6 Å². The third-order valence-corrected chi connectivity index (χ3v) is 9.87. The summed E-state index contributed by atoms with van der Waals surface area (Å²) in [6.45, 7) is 6.28. The van der Waals surface area contributed by atoms with Gasteiger partial charge in [0.05, 0.1) is 0 Å². The lowest BCUT2D eigenvalue weighted by atomic mass is 9.91. The van der Waals surface area contributed by atoms with Gasteiger partial charge in [-0.2, -0.15) is 0 Å². The molecule has 4 aromatic rings. The molecule has 0 fully saturated rings. The van der Waals surface area contributed by atoms with Crippen molar-refractivity contribution in [2.24, 2.45) is 0 Å². The molecule has 0 aliphatic carbocycles. The van der Waals surface area contributed by atoms with Crippen LogP contribution in [0, 0.1) is 0 Å². The Morgan fingerprint density at radius 3 is 1.93 bits per heavy atom. The monoisotopic (exact) mass is 758 g/mol. The lowest BCUT2D eigenvalue weighted by molar-refractivity contribution is -0.141. The van der Waals surface area contributed by atoms with Gasteiger partial charge in [-0.15, -0.1) is 0 Å². The van der Waals surface area contributed by atoms with Crippen LogP contribution in [0.4, 0.5) is 4.79 Å². The van der Waals surface area contributed by atoms with Gasteiger partial charge in [-0.05, 0) is 68.7 Å². The molecule has 0 radical (unpaired) electrons. The maximum Gasteiger partial charge on any atom is 0.408 e. The van der Waals surface area contributed by atoms with Crippen molar-refractivity contribution in [2.75, 3.05) is 13.1 Å². The van der Waals surface area contributed by atoms with Crippen LogP contribution in [0.1, 0.15) is 97.8 Å². The fraction of sp³-hybridized carbons (Fsp3) is 0.370. The molecule has 5 rings (SSSR count). The van der Waals surface area contributed by atoms with Crippen LogP contribution in [0.3, 0.4) is 0 Å². The van der Waals surface area contributed by atoms with Gasteiger partial charge in [0, 0.05) is 50.4 Å². The first-order chi connectivity index (χ1) is 27.0. The molecular weight excluding hydrogens is 705 g/mol. The molecule has 4 amide bonds. The maximum absolute atomic E-state index is 13.7. The number of hydrogen-bond donors (Lipinski definition) is 3. The van der Waals surface area contributed by atoms with E-state index in [1.54, 1.807) is 37.8 Å². The molecule has 2 atom stereocenters. The summed E-state index contributed by atoms with van der Waals surface area (Å²) in [5.74, 6) is -0.834. The minimum absolute atomic E-state index is 0.0127. The number of fused-ring (bicyclic) bond motifs is 1. The number of hydrogen-bond acceptors (Lipinski definition) is 6. The number of nitrogens with zero attached hydrogens (tertiary/aromatic N) is 1. The number of rotatable bonds is 17. The number of alkyl carbamates (subject to hydrolysis) is 1. The van der Waals surface area contributed by atoms with Gasteiger partial charge in [0.25, 0.3) is 0 Å². The Bertz CT molecular complexity index is 1870. The summed E-state index contributed by atoms with van der Waals surface area (Å²) >= 11 is 0. The topological polar surface area (TPSA) is 134 Å². The molecule has 1 heterocycles. The highest BCUT2D eigenvalue weighted by Crippen LogP contribution is 2.26. The molecule has 0 saturated carbocycles. The van der Waals surface area contributed by atoms with Crippen molar-refractivity contribution in [3.05, 3.63) is 143 Å². The number of Topliss-reactive ketones (excluding diaryl/α,β-unsaturated/α-hetero) is 1. The Morgan fingerprint density at radius 1 is 0.714 bits per heavy atom. The molecule has 294 valence electrons. The minimum atomic E-state index is -0.857. The van der Waals surface area contributed by atoms with Gasteiger partial charge >= 0.3 is 6.09 Å². The third kappa shape index (κ3) is 12.4. The van der Waals surface area contributed by atoms with Gasteiger partial charge in [0.2, 0.25) is 17.7 Å². The summed E-state index contributed by atoms with van der Waals surface area (Å²) in [7, 11) is 0. The fourth-order valence-electron chi connectivity index (χ4n) is 6.98. The molecule has 0 aromatic heterocycles. The quantitative estimate of drug-likeness (QED) is 0.0776. The second-order valence-corrected chi connectivity index (χ2v) is 15.3. The number of carbonyl (C=O) groups excluding carboxylic acids is 5. The minimum Gasteiger partial charge on any atom is -0.444 e. The van der Waals surface area contributed by atoms with Crippen molar-refractivity contribution in [2.45, 2.75) is 95.9 Å². The van der Waals surface area contributed by atoms with Crippen LogP contribution in [0.15, 0.2) is 115 Å². The number of unbranched alkanes of at least 4 members (excludes halogenated alkanes) is 1. The summed E-state index contributed by atoms with van der Waals surface area (Å²) < 4.78 is 5.48. The highest BCUT2D eigenvalue weighted by atomic mass is 16.6. The summed E-state index contributed by atoms with van der Waals surface area (Å²) in [5.41, 5.74) is 4.04. The summed E-state index contributed by atoms with van der Waals surface area (Å²) in [6, 6.07) is 35.2. The van der Waals surface area contributed by atoms with Crippen LogP contribution in [-0.4, -0.2) is 65.3 Å². The highest BCUT2D eigenvalue weighted by Gasteiger charge is 2.34. The second kappa shape index (κ2) is 20.2. The second-order valence-electron chi connectivity index (χ2n) is 15.3. The van der Waals surface area contributed by atoms with E-state index in [1.165, 1.54) is 0 Å². The number of amides is 4. The standard InChI is InChI=1S/C46H54N4O6/c1-46(2,3)56-45(55)49-39(43(53)48-31-38(33-18-7-4-8-19-33)34-20-9-5-10-21-34)26-15-16-29-47-44(54)40-30-36-24-13-14-25-37(36)32-50(40)42(52)28-17-27-41(51)35-22-11-6-12-23-35/h4-14,18-25,38-40H,15-17,26-32H2,1-3H3,(H,47,54)(H,48,53)(H,49,55)/t39-,40-/m0/s1. The number of carbonyl (C=O) groups is 5. The summed E-state index contributed by atoms with van der Waals surface area (Å²) in [5, 5.41) is 8.85. The van der Waals surface area contributed by atoms with Crippen LogP contribution in [0.25, 0.3) is 0 Å². The fourth-order valence-corrected chi connectivity index (χ4v) is 6.98. The number of ketones is 1. The molecule has 1 aliphatic rings. The molecule has 0 bridgehead atoms. The van der Waals surface area contributed by atoms with E-state index in [0.29, 0.717) is 57.3 Å². The highest BCUT2D eigenvalue weighted by molar-refractivity contribution is 5.96. The molecule has 3 N–H and O–H groups in total. The van der Waals surface area contributed by atoms with E-state index in [4.69, 9.17) is 4.74 Å². The van der Waals surface area contributed by atoms with Crippen molar-refractivity contribution in [1.82, 2.24) is 20.9 Å². The van der Waals surface area contributed by atoms with Crippen LogP contribution in [-0.2, 0) is 32.1 Å². The van der Waals surface area contributed by atoms with Crippen molar-refractivity contribution in [1.29, 1.82) is 0 Å². The predicted molar refractivity (Wildman–Crippen MR) is 217 cm³/mol. The third-order valence-electron chi connectivity index (χ3n) is 9.87. The van der Waals surface area contributed by atoms with E-state index in [9.17, 15) is 24.0 Å². The molecule has 10 nitrogen and oxygen atoms in total. The number of nitrogens with one attached hydrogen (secondary N) is 3. The van der Waals surface area contributed by atoms with Gasteiger partial charge in [0.15, 0.2) is 5.78 Å². The number of ether oxygens (including phenoxy) is 1. The average molecular weight is 759 g/mol. The van der Waals surface area contributed by atoms with Gasteiger partial charge in [-0.25, -0.2) is 4.79 Å². The molecule has 4 aromatic carbocycles. The average Bonchev–Trinajstić information content (AvgIpc) is 3.20. The largest absolute Gasteiger partial charge is 0.444 e.